The molecule has 0 bridgehead atoms. The predicted octanol–water partition coefficient (Wildman–Crippen LogP) is 3.89. The van der Waals surface area contributed by atoms with Gasteiger partial charge in [0.1, 0.15) is 11.4 Å². The van der Waals surface area contributed by atoms with E-state index in [1.807, 2.05) is 6.92 Å². The Labute approximate surface area is 161 Å². The molecule has 8 heteroatoms. The molecule has 1 amide bonds. The lowest BCUT2D eigenvalue weighted by Gasteiger charge is -2.27. The van der Waals surface area contributed by atoms with Crippen LogP contribution >= 0.6 is 0 Å². The first kappa shape index (κ1) is 19.2. The second-order valence-electron chi connectivity index (χ2n) is 8.40. The van der Waals surface area contributed by atoms with Gasteiger partial charge < -0.3 is 10.1 Å². The molecule has 3 fully saturated rings. The minimum atomic E-state index is -4.47. The highest BCUT2D eigenvalue weighted by Gasteiger charge is 2.59. The zero-order valence-electron chi connectivity index (χ0n) is 16.1. The third-order valence-corrected chi connectivity index (χ3v) is 6.18. The molecule has 4 rings (SSSR count). The Hall–Kier alpha value is -2.12. The first-order valence-corrected chi connectivity index (χ1v) is 9.64. The fourth-order valence-corrected chi connectivity index (χ4v) is 4.24. The van der Waals surface area contributed by atoms with Crippen LogP contribution in [0.2, 0.25) is 0 Å². The zero-order valence-corrected chi connectivity index (χ0v) is 16.1. The molecule has 1 heterocycles. The Morgan fingerprint density at radius 3 is 2.71 bits per heavy atom. The molecule has 3 aliphatic rings. The molecule has 1 N–H and O–H groups in total. The number of amides is 1. The Morgan fingerprint density at radius 2 is 2.14 bits per heavy atom. The molecule has 3 aliphatic carbocycles. The largest absolute Gasteiger partial charge is 0.481 e. The maximum absolute atomic E-state index is 13.0. The number of aromatic nitrogens is 1. The fourth-order valence-electron chi connectivity index (χ4n) is 4.24. The normalized spacial score (nSPS) is 31.4. The number of pyridine rings is 1. The number of alkyl halides is 3. The molecule has 152 valence electrons. The lowest BCUT2D eigenvalue weighted by molar-refractivity contribution is -0.189. The third-order valence-electron chi connectivity index (χ3n) is 6.18. The summed E-state index contributed by atoms with van der Waals surface area (Å²) in [7, 11) is 1.77. The topological polar surface area (TPSA) is 63.6 Å². The van der Waals surface area contributed by atoms with Crippen LogP contribution in [-0.4, -0.2) is 41.5 Å². The van der Waals surface area contributed by atoms with Crippen molar-refractivity contribution in [3.05, 3.63) is 23.5 Å². The molecule has 4 atom stereocenters. The first-order valence-electron chi connectivity index (χ1n) is 9.64. The standard InChI is InChI=1S/C20H24F3N3O2/c1-10(20(21,22)23)28-17-7-15(25-9-13(17)11-4-5-11)18(27)26-19(2)8-16(24-3)12-6-14(12)19/h7,9-12,14H,4-6,8H2,1-3H3,(H,26,27). The number of halogens is 3. The van der Waals surface area contributed by atoms with E-state index >= 15 is 0 Å². The molecule has 1 aromatic rings. The maximum atomic E-state index is 13.0. The van der Waals surface area contributed by atoms with Crippen molar-refractivity contribution in [2.45, 2.75) is 63.3 Å². The molecule has 0 spiro atoms. The number of carbonyl (C=O) groups excluding carboxylic acids is 1. The molecule has 3 saturated carbocycles. The van der Waals surface area contributed by atoms with Crippen molar-refractivity contribution < 1.29 is 22.7 Å². The van der Waals surface area contributed by atoms with Gasteiger partial charge in [-0.1, -0.05) is 0 Å². The van der Waals surface area contributed by atoms with Gasteiger partial charge in [0.25, 0.3) is 5.91 Å². The van der Waals surface area contributed by atoms with E-state index in [0.717, 1.165) is 31.9 Å². The number of hydrogen-bond donors (Lipinski definition) is 1. The summed E-state index contributed by atoms with van der Waals surface area (Å²) in [4.78, 5) is 21.3. The molecule has 1 aromatic heterocycles. The van der Waals surface area contributed by atoms with Crippen molar-refractivity contribution in [3.63, 3.8) is 0 Å². The molecule has 5 nitrogen and oxygen atoms in total. The van der Waals surface area contributed by atoms with Crippen LogP contribution in [0.1, 0.15) is 61.5 Å². The Bertz CT molecular complexity index is 834. The van der Waals surface area contributed by atoms with E-state index < -0.39 is 23.7 Å². The van der Waals surface area contributed by atoms with Crippen molar-refractivity contribution in [1.82, 2.24) is 10.3 Å². The van der Waals surface area contributed by atoms with Crippen molar-refractivity contribution in [3.8, 4) is 5.75 Å². The minimum Gasteiger partial charge on any atom is -0.481 e. The summed E-state index contributed by atoms with van der Waals surface area (Å²) in [6.07, 6.45) is -1.45. The van der Waals surface area contributed by atoms with Crippen LogP contribution in [-0.2, 0) is 0 Å². The summed E-state index contributed by atoms with van der Waals surface area (Å²) in [6.45, 7) is 2.96. The van der Waals surface area contributed by atoms with Gasteiger partial charge in [0, 0.05) is 48.5 Å². The van der Waals surface area contributed by atoms with Gasteiger partial charge in [-0.05, 0) is 44.9 Å². The summed E-state index contributed by atoms with van der Waals surface area (Å²) in [5.41, 5.74) is 1.44. The van der Waals surface area contributed by atoms with Crippen LogP contribution in [0, 0.1) is 11.8 Å². The zero-order chi connectivity index (χ0) is 20.3. The van der Waals surface area contributed by atoms with E-state index in [1.165, 1.54) is 12.3 Å². The van der Waals surface area contributed by atoms with Crippen molar-refractivity contribution in [2.24, 2.45) is 16.8 Å². The van der Waals surface area contributed by atoms with Crippen molar-refractivity contribution in [1.29, 1.82) is 0 Å². The molecule has 0 aliphatic heterocycles. The van der Waals surface area contributed by atoms with Crippen LogP contribution in [0.25, 0.3) is 0 Å². The lowest BCUT2D eigenvalue weighted by atomic mass is 9.95. The average molecular weight is 395 g/mol. The minimum absolute atomic E-state index is 0.0779. The maximum Gasteiger partial charge on any atom is 0.425 e. The molecule has 0 radical (unpaired) electrons. The van der Waals surface area contributed by atoms with Gasteiger partial charge in [-0.15, -0.1) is 0 Å². The van der Waals surface area contributed by atoms with Gasteiger partial charge in [-0.2, -0.15) is 13.2 Å². The third kappa shape index (κ3) is 3.49. The Kier molecular flexibility index (Phi) is 4.43. The highest BCUT2D eigenvalue weighted by atomic mass is 19.4. The number of nitrogens with zero attached hydrogens (tertiary/aromatic N) is 2. The van der Waals surface area contributed by atoms with Gasteiger partial charge >= 0.3 is 6.18 Å². The summed E-state index contributed by atoms with van der Waals surface area (Å²) >= 11 is 0. The predicted molar refractivity (Wildman–Crippen MR) is 97.8 cm³/mol. The van der Waals surface area contributed by atoms with Gasteiger partial charge in [-0.3, -0.25) is 14.8 Å². The SMILES string of the molecule is CN=C1CC(C)(NC(=O)c2cc(OC(C)C(F)(F)F)c(C3CC3)cn2)C2CC12. The molecule has 0 saturated heterocycles. The number of fused-ring (bicyclic) bond motifs is 1. The van der Waals surface area contributed by atoms with E-state index in [2.05, 4.69) is 15.3 Å². The number of ether oxygens (including phenoxy) is 1. The summed E-state index contributed by atoms with van der Waals surface area (Å²) in [5, 5.41) is 3.04. The highest BCUT2D eigenvalue weighted by molar-refractivity contribution is 5.97. The Morgan fingerprint density at radius 1 is 1.43 bits per heavy atom. The van der Waals surface area contributed by atoms with Gasteiger partial charge in [0.15, 0.2) is 6.10 Å². The van der Waals surface area contributed by atoms with Gasteiger partial charge in [-0.25, -0.2) is 0 Å². The quantitative estimate of drug-likeness (QED) is 0.823. The van der Waals surface area contributed by atoms with Crippen LogP contribution < -0.4 is 10.1 Å². The first-order chi connectivity index (χ1) is 13.1. The second-order valence-corrected chi connectivity index (χ2v) is 8.40. The van der Waals surface area contributed by atoms with Crippen LogP contribution in [0.5, 0.6) is 5.75 Å². The summed E-state index contributed by atoms with van der Waals surface area (Å²) in [6, 6.07) is 1.35. The number of nitrogens with one attached hydrogen (secondary N) is 1. The van der Waals surface area contributed by atoms with E-state index in [9.17, 15) is 18.0 Å². The van der Waals surface area contributed by atoms with Crippen LogP contribution in [0.15, 0.2) is 17.3 Å². The van der Waals surface area contributed by atoms with Crippen molar-refractivity contribution >= 4 is 11.6 Å². The van der Waals surface area contributed by atoms with Gasteiger partial charge in [0.2, 0.25) is 0 Å². The van der Waals surface area contributed by atoms with E-state index in [1.54, 1.807) is 7.05 Å². The highest BCUT2D eigenvalue weighted by Crippen LogP contribution is 2.55. The molecule has 4 unspecified atom stereocenters. The van der Waals surface area contributed by atoms with E-state index in [4.69, 9.17) is 4.74 Å². The fraction of sp³-hybridized carbons (Fsp3) is 0.650. The number of hydrogen-bond acceptors (Lipinski definition) is 4. The summed E-state index contributed by atoms with van der Waals surface area (Å²) < 4.78 is 44.0. The van der Waals surface area contributed by atoms with Crippen LogP contribution in [0.4, 0.5) is 13.2 Å². The average Bonchev–Trinajstić information content (AvgIpc) is 3.52. The smallest absolute Gasteiger partial charge is 0.425 e. The van der Waals surface area contributed by atoms with Crippen molar-refractivity contribution in [2.75, 3.05) is 7.05 Å². The van der Waals surface area contributed by atoms with Gasteiger partial charge in [0.05, 0.1) is 0 Å². The molecule has 0 aromatic carbocycles. The second kappa shape index (κ2) is 6.46. The van der Waals surface area contributed by atoms with E-state index in [-0.39, 0.29) is 17.4 Å². The molecule has 28 heavy (non-hydrogen) atoms. The van der Waals surface area contributed by atoms with E-state index in [0.29, 0.717) is 23.8 Å². The molecular formula is C20H24F3N3O2. The molecular weight excluding hydrogens is 371 g/mol. The lowest BCUT2D eigenvalue weighted by Crippen LogP contribution is -2.47. The number of rotatable bonds is 5. The summed E-state index contributed by atoms with van der Waals surface area (Å²) in [5.74, 6) is 0.665. The Balaban J connectivity index is 1.54. The number of aliphatic imine (C=N–C) groups is 1. The van der Waals surface area contributed by atoms with Crippen LogP contribution in [0.3, 0.4) is 0 Å². The number of carbonyl (C=O) groups is 1. The monoisotopic (exact) mass is 395 g/mol.